The van der Waals surface area contributed by atoms with Gasteiger partial charge in [-0.25, -0.2) is 4.98 Å². The number of amides is 1. The van der Waals surface area contributed by atoms with Crippen molar-refractivity contribution in [2.24, 2.45) is 5.92 Å². The Bertz CT molecular complexity index is 1440. The lowest BCUT2D eigenvalue weighted by Gasteiger charge is -2.12. The molecule has 9 heteroatoms. The second-order valence-corrected chi connectivity index (χ2v) is 9.88. The lowest BCUT2D eigenvalue weighted by molar-refractivity contribution is 0.0953. The number of aromatic nitrogens is 3. The van der Waals surface area contributed by atoms with Crippen molar-refractivity contribution in [2.75, 3.05) is 19.8 Å². The van der Waals surface area contributed by atoms with Crippen LogP contribution in [-0.4, -0.2) is 46.7 Å². The number of pyridine rings is 1. The average Bonchev–Trinajstić information content (AvgIpc) is 3.62. The predicted molar refractivity (Wildman–Crippen MR) is 133 cm³/mol. The molecule has 2 aliphatic rings. The average molecular weight is 489 g/mol. The minimum Gasteiger partial charge on any atom is -0.488 e. The van der Waals surface area contributed by atoms with Crippen molar-refractivity contribution >= 4 is 28.1 Å². The lowest BCUT2D eigenvalue weighted by atomic mass is 10.1. The van der Waals surface area contributed by atoms with Crippen LogP contribution in [0.15, 0.2) is 52.9 Å². The number of H-pyrrole nitrogens is 1. The molecule has 2 atom stereocenters. The Labute approximate surface area is 205 Å². The summed E-state index contributed by atoms with van der Waals surface area (Å²) in [7, 11) is 0. The second-order valence-electron chi connectivity index (χ2n) is 9.00. The predicted octanol–water partition coefficient (Wildman–Crippen LogP) is 3.36. The Kier molecular flexibility index (Phi) is 5.79. The van der Waals surface area contributed by atoms with E-state index in [1.165, 1.54) is 22.5 Å². The number of hydrogen-bond donors (Lipinski definition) is 2. The van der Waals surface area contributed by atoms with Crippen molar-refractivity contribution in [3.63, 3.8) is 0 Å². The molecule has 4 heterocycles. The molecule has 1 fully saturated rings. The first-order valence-electron chi connectivity index (χ1n) is 11.7. The van der Waals surface area contributed by atoms with Gasteiger partial charge in [-0.15, -0.1) is 11.3 Å². The largest absolute Gasteiger partial charge is 0.488 e. The Morgan fingerprint density at radius 1 is 1.20 bits per heavy atom. The summed E-state index contributed by atoms with van der Waals surface area (Å²) < 4.78 is 11.4. The van der Waals surface area contributed by atoms with Crippen LogP contribution in [0.5, 0.6) is 5.75 Å². The number of ether oxygens (including phenoxy) is 2. The molecular formula is C26H24N4O4S. The summed E-state index contributed by atoms with van der Waals surface area (Å²) >= 11 is 1.24. The van der Waals surface area contributed by atoms with Crippen LogP contribution in [0.4, 0.5) is 0 Å². The summed E-state index contributed by atoms with van der Waals surface area (Å²) in [6.45, 7) is 1.96. The molecule has 6 rings (SSSR count). The van der Waals surface area contributed by atoms with Crippen LogP contribution in [0.3, 0.4) is 0 Å². The molecule has 1 aliphatic heterocycles. The summed E-state index contributed by atoms with van der Waals surface area (Å²) in [5.41, 5.74) is 3.48. The summed E-state index contributed by atoms with van der Waals surface area (Å²) in [6.07, 6.45) is 6.14. The summed E-state index contributed by atoms with van der Waals surface area (Å²) in [4.78, 5) is 37.5. The Morgan fingerprint density at radius 3 is 2.89 bits per heavy atom. The third-order valence-electron chi connectivity index (χ3n) is 6.56. The van der Waals surface area contributed by atoms with E-state index in [4.69, 9.17) is 9.47 Å². The number of benzene rings is 1. The summed E-state index contributed by atoms with van der Waals surface area (Å²) in [5.74, 6) is 1.42. The van der Waals surface area contributed by atoms with Gasteiger partial charge in [0.15, 0.2) is 0 Å². The molecule has 35 heavy (non-hydrogen) atoms. The first kappa shape index (κ1) is 21.9. The fraction of sp³-hybridized carbons (Fsp3) is 0.308. The number of nitrogens with one attached hydrogen (secondary N) is 2. The SMILES string of the molecule is O=C(NCC1Cc2ccc(OC3CCOC3)cc2C1)c1scc2c(=O)[nH]c(-c3ccncc3)nc12. The third kappa shape index (κ3) is 4.44. The quantitative estimate of drug-likeness (QED) is 0.431. The third-order valence-corrected chi connectivity index (χ3v) is 7.53. The maximum atomic E-state index is 13.1. The van der Waals surface area contributed by atoms with Gasteiger partial charge in [0.05, 0.1) is 18.6 Å². The molecule has 2 unspecified atom stereocenters. The number of carbonyl (C=O) groups excluding carboxylic acids is 1. The fourth-order valence-electron chi connectivity index (χ4n) is 4.76. The van der Waals surface area contributed by atoms with E-state index in [0.717, 1.165) is 37.2 Å². The zero-order valence-electron chi connectivity index (χ0n) is 19.0. The van der Waals surface area contributed by atoms with E-state index in [2.05, 4.69) is 32.4 Å². The summed E-state index contributed by atoms with van der Waals surface area (Å²) in [6, 6.07) is 9.82. The minimum absolute atomic E-state index is 0.130. The van der Waals surface area contributed by atoms with Crippen LogP contribution >= 0.6 is 11.3 Å². The van der Waals surface area contributed by atoms with E-state index in [-0.39, 0.29) is 17.6 Å². The van der Waals surface area contributed by atoms with E-state index in [0.29, 0.717) is 40.7 Å². The van der Waals surface area contributed by atoms with Gasteiger partial charge in [0.2, 0.25) is 0 Å². The van der Waals surface area contributed by atoms with Crippen LogP contribution in [0, 0.1) is 5.92 Å². The first-order chi connectivity index (χ1) is 17.1. The molecule has 0 bridgehead atoms. The van der Waals surface area contributed by atoms with Crippen LogP contribution in [-0.2, 0) is 17.6 Å². The zero-order chi connectivity index (χ0) is 23.8. The summed E-state index contributed by atoms with van der Waals surface area (Å²) in [5, 5.41) is 5.18. The molecule has 3 aromatic heterocycles. The highest BCUT2D eigenvalue weighted by Crippen LogP contribution is 2.31. The van der Waals surface area contributed by atoms with Gasteiger partial charge in [0, 0.05) is 36.3 Å². The highest BCUT2D eigenvalue weighted by Gasteiger charge is 2.25. The van der Waals surface area contributed by atoms with Gasteiger partial charge in [-0.2, -0.15) is 0 Å². The van der Waals surface area contributed by atoms with E-state index >= 15 is 0 Å². The van der Waals surface area contributed by atoms with Crippen LogP contribution < -0.4 is 15.6 Å². The second kappa shape index (κ2) is 9.24. The van der Waals surface area contributed by atoms with Gasteiger partial charge < -0.3 is 19.8 Å². The molecule has 0 radical (unpaired) electrons. The molecule has 1 aliphatic carbocycles. The number of thiophene rings is 1. The maximum absolute atomic E-state index is 13.1. The van der Waals surface area contributed by atoms with Gasteiger partial charge in [0.1, 0.15) is 28.1 Å². The number of hydrogen-bond acceptors (Lipinski definition) is 7. The van der Waals surface area contributed by atoms with Gasteiger partial charge >= 0.3 is 0 Å². The lowest BCUT2D eigenvalue weighted by Crippen LogP contribution is -2.29. The standard InChI is InChI=1S/C26H24N4O4S/c31-25-21-14-35-23(22(21)29-24(30-25)16-3-6-27-7-4-16)26(32)28-12-15-9-17-1-2-19(11-18(17)10-15)34-20-5-8-33-13-20/h1-4,6-7,11,14-15,20H,5,8-10,12-13H2,(H,28,32)(H,29,30,31). The number of aromatic amines is 1. The molecule has 1 amide bonds. The molecule has 4 aromatic rings. The van der Waals surface area contributed by atoms with E-state index in [1.54, 1.807) is 29.9 Å². The van der Waals surface area contributed by atoms with E-state index < -0.39 is 0 Å². The van der Waals surface area contributed by atoms with Crippen LogP contribution in [0.2, 0.25) is 0 Å². The molecule has 0 saturated carbocycles. The molecular weight excluding hydrogens is 464 g/mol. The van der Waals surface area contributed by atoms with Crippen molar-refractivity contribution in [1.29, 1.82) is 0 Å². The number of carbonyl (C=O) groups is 1. The van der Waals surface area contributed by atoms with Gasteiger partial charge in [-0.3, -0.25) is 14.6 Å². The van der Waals surface area contributed by atoms with E-state index in [1.807, 2.05) is 6.07 Å². The van der Waals surface area contributed by atoms with Crippen molar-refractivity contribution in [3.8, 4) is 17.1 Å². The van der Waals surface area contributed by atoms with Gasteiger partial charge in [-0.1, -0.05) is 6.07 Å². The number of fused-ring (bicyclic) bond motifs is 2. The minimum atomic E-state index is -0.259. The maximum Gasteiger partial charge on any atom is 0.263 e. The topological polar surface area (TPSA) is 106 Å². The normalized spacial score (nSPS) is 19.1. The highest BCUT2D eigenvalue weighted by atomic mass is 32.1. The molecule has 1 aromatic carbocycles. The van der Waals surface area contributed by atoms with Gasteiger partial charge in [0.25, 0.3) is 11.5 Å². The van der Waals surface area contributed by atoms with Crippen molar-refractivity contribution < 1.29 is 14.3 Å². The van der Waals surface area contributed by atoms with Crippen LogP contribution in [0.1, 0.15) is 27.2 Å². The van der Waals surface area contributed by atoms with Gasteiger partial charge in [-0.05, 0) is 54.2 Å². The molecule has 1 saturated heterocycles. The van der Waals surface area contributed by atoms with Crippen molar-refractivity contribution in [2.45, 2.75) is 25.4 Å². The molecule has 178 valence electrons. The molecule has 0 spiro atoms. The molecule has 2 N–H and O–H groups in total. The monoisotopic (exact) mass is 488 g/mol. The Balaban J connectivity index is 1.14. The first-order valence-corrected chi connectivity index (χ1v) is 12.6. The smallest absolute Gasteiger partial charge is 0.263 e. The number of rotatable bonds is 6. The fourth-order valence-corrected chi connectivity index (χ4v) is 5.67. The Morgan fingerprint density at radius 2 is 2.06 bits per heavy atom. The highest BCUT2D eigenvalue weighted by molar-refractivity contribution is 7.13. The van der Waals surface area contributed by atoms with E-state index in [9.17, 15) is 9.59 Å². The van der Waals surface area contributed by atoms with Crippen LogP contribution in [0.25, 0.3) is 22.3 Å². The Hall–Kier alpha value is -3.56. The zero-order valence-corrected chi connectivity index (χ0v) is 19.8. The molecule has 8 nitrogen and oxygen atoms in total. The number of nitrogens with zero attached hydrogens (tertiary/aromatic N) is 2. The van der Waals surface area contributed by atoms with Crippen molar-refractivity contribution in [3.05, 3.63) is 74.5 Å². The van der Waals surface area contributed by atoms with Crippen molar-refractivity contribution in [1.82, 2.24) is 20.3 Å².